The fourth-order valence-electron chi connectivity index (χ4n) is 2.53. The first-order chi connectivity index (χ1) is 10.2. The maximum absolute atomic E-state index is 12.5. The number of para-hydroxylation sites is 1. The predicted molar refractivity (Wildman–Crippen MR) is 87.2 cm³/mol. The molecule has 0 N–H and O–H groups in total. The standard InChI is InChI=1S/C19H15NO/c1-14-17(13-12-15-8-4-3-5-9-15)20(2)18-11-7-6-10-16(18)19(14)21/h4,6-13H,1-2H3/b13-12+. The Labute approximate surface area is 123 Å². The van der Waals surface area contributed by atoms with Crippen LogP contribution < -0.4 is 5.43 Å². The molecule has 2 aromatic rings. The summed E-state index contributed by atoms with van der Waals surface area (Å²) in [4.78, 5) is 12.5. The Bertz CT molecular complexity index is 941. The van der Waals surface area contributed by atoms with E-state index in [1.165, 1.54) is 0 Å². The van der Waals surface area contributed by atoms with E-state index >= 15 is 0 Å². The van der Waals surface area contributed by atoms with E-state index in [0.717, 1.165) is 27.7 Å². The van der Waals surface area contributed by atoms with Crippen molar-refractivity contribution in [3.63, 3.8) is 0 Å². The zero-order valence-electron chi connectivity index (χ0n) is 12.1. The van der Waals surface area contributed by atoms with Gasteiger partial charge in [-0.05, 0) is 48.9 Å². The van der Waals surface area contributed by atoms with Gasteiger partial charge in [-0.2, -0.15) is 0 Å². The maximum atomic E-state index is 12.5. The summed E-state index contributed by atoms with van der Waals surface area (Å²) in [6, 6.07) is 7.69. The van der Waals surface area contributed by atoms with Gasteiger partial charge in [0, 0.05) is 23.7 Å². The average molecular weight is 273 g/mol. The summed E-state index contributed by atoms with van der Waals surface area (Å²) in [6.07, 6.45) is 9.62. The summed E-state index contributed by atoms with van der Waals surface area (Å²) in [7, 11) is 1.99. The molecule has 1 aliphatic rings. The van der Waals surface area contributed by atoms with Crippen molar-refractivity contribution in [2.24, 2.45) is 7.05 Å². The number of allylic oxidation sites excluding steroid dienone is 5. The Morgan fingerprint density at radius 3 is 2.71 bits per heavy atom. The summed E-state index contributed by atoms with van der Waals surface area (Å²) in [5, 5.41) is 0.761. The Morgan fingerprint density at radius 2 is 1.95 bits per heavy atom. The average Bonchev–Trinajstić information content (AvgIpc) is 2.54. The van der Waals surface area contributed by atoms with Crippen LogP contribution in [0.25, 0.3) is 17.0 Å². The molecule has 0 bridgehead atoms. The predicted octanol–water partition coefficient (Wildman–Crippen LogP) is 3.67. The minimum atomic E-state index is 0.0938. The molecule has 0 saturated carbocycles. The lowest BCUT2D eigenvalue weighted by molar-refractivity contribution is 0.923. The quantitative estimate of drug-likeness (QED) is 0.765. The number of pyridine rings is 1. The third-order valence-electron chi connectivity index (χ3n) is 3.71. The Balaban J connectivity index is 2.17. The summed E-state index contributed by atoms with van der Waals surface area (Å²) in [5.74, 6) is 0. The summed E-state index contributed by atoms with van der Waals surface area (Å²) >= 11 is 0. The molecule has 1 aliphatic carbocycles. The normalized spacial score (nSPS) is 13.3. The second-order valence-electron chi connectivity index (χ2n) is 5.02. The molecule has 0 aliphatic heterocycles. The largest absolute Gasteiger partial charge is 0.344 e. The molecule has 0 saturated heterocycles. The summed E-state index contributed by atoms with van der Waals surface area (Å²) in [5.41, 5.74) is 9.56. The van der Waals surface area contributed by atoms with Crippen LogP contribution in [0.15, 0.2) is 70.4 Å². The van der Waals surface area contributed by atoms with E-state index in [1.54, 1.807) is 0 Å². The highest BCUT2D eigenvalue weighted by atomic mass is 16.1. The summed E-state index contributed by atoms with van der Waals surface area (Å²) < 4.78 is 2.06. The smallest absolute Gasteiger partial charge is 0.192 e. The van der Waals surface area contributed by atoms with Crippen LogP contribution in [0.2, 0.25) is 0 Å². The van der Waals surface area contributed by atoms with Gasteiger partial charge in [0.15, 0.2) is 5.43 Å². The molecule has 0 atom stereocenters. The molecular weight excluding hydrogens is 258 g/mol. The van der Waals surface area contributed by atoms with Crippen LogP contribution in [0.3, 0.4) is 0 Å². The van der Waals surface area contributed by atoms with Crippen LogP contribution in [0.5, 0.6) is 0 Å². The van der Waals surface area contributed by atoms with Gasteiger partial charge in [0.25, 0.3) is 0 Å². The third kappa shape index (κ3) is 2.34. The Kier molecular flexibility index (Phi) is 3.33. The Morgan fingerprint density at radius 1 is 1.14 bits per heavy atom. The molecule has 1 aromatic carbocycles. The van der Waals surface area contributed by atoms with Gasteiger partial charge in [0.05, 0.1) is 5.52 Å². The fourth-order valence-corrected chi connectivity index (χ4v) is 2.53. The first kappa shape index (κ1) is 13.2. The molecule has 102 valence electrons. The van der Waals surface area contributed by atoms with Crippen LogP contribution in [0, 0.1) is 6.92 Å². The molecule has 3 rings (SSSR count). The topological polar surface area (TPSA) is 22.0 Å². The first-order valence-corrected chi connectivity index (χ1v) is 6.82. The van der Waals surface area contributed by atoms with E-state index in [0.29, 0.717) is 0 Å². The van der Waals surface area contributed by atoms with Gasteiger partial charge in [-0.25, -0.2) is 0 Å². The molecule has 0 spiro atoms. The monoisotopic (exact) mass is 273 g/mol. The van der Waals surface area contributed by atoms with Crippen LogP contribution in [0.1, 0.15) is 11.3 Å². The van der Waals surface area contributed by atoms with Crippen molar-refractivity contribution in [3.05, 3.63) is 87.1 Å². The van der Waals surface area contributed by atoms with Crippen molar-refractivity contribution in [1.82, 2.24) is 4.57 Å². The van der Waals surface area contributed by atoms with Gasteiger partial charge in [-0.1, -0.05) is 29.7 Å². The number of hydrogen-bond donors (Lipinski definition) is 0. The van der Waals surface area contributed by atoms with Crippen LogP contribution in [-0.2, 0) is 7.05 Å². The lowest BCUT2D eigenvalue weighted by Gasteiger charge is -2.12. The van der Waals surface area contributed by atoms with Crippen molar-refractivity contribution < 1.29 is 0 Å². The van der Waals surface area contributed by atoms with Gasteiger partial charge >= 0.3 is 0 Å². The number of aryl methyl sites for hydroxylation is 1. The van der Waals surface area contributed by atoms with Gasteiger partial charge in [-0.3, -0.25) is 4.79 Å². The molecule has 1 heterocycles. The molecule has 0 radical (unpaired) electrons. The second kappa shape index (κ2) is 5.30. The van der Waals surface area contributed by atoms with E-state index in [4.69, 9.17) is 0 Å². The molecule has 0 unspecified atom stereocenters. The van der Waals surface area contributed by atoms with Crippen molar-refractivity contribution in [2.45, 2.75) is 6.92 Å². The van der Waals surface area contributed by atoms with Crippen molar-refractivity contribution in [1.29, 1.82) is 0 Å². The number of benzene rings is 1. The lowest BCUT2D eigenvalue weighted by atomic mass is 10.1. The lowest BCUT2D eigenvalue weighted by Crippen LogP contribution is -2.14. The molecule has 1 aromatic heterocycles. The van der Waals surface area contributed by atoms with Crippen molar-refractivity contribution in [3.8, 4) is 0 Å². The fraction of sp³-hybridized carbons (Fsp3) is 0.105. The minimum Gasteiger partial charge on any atom is -0.344 e. The highest BCUT2D eigenvalue weighted by Gasteiger charge is 2.09. The number of nitrogens with zero attached hydrogens (tertiary/aromatic N) is 1. The van der Waals surface area contributed by atoms with E-state index in [9.17, 15) is 4.79 Å². The number of hydrogen-bond acceptors (Lipinski definition) is 1. The number of rotatable bonds is 2. The minimum absolute atomic E-state index is 0.0938. The zero-order valence-corrected chi connectivity index (χ0v) is 12.1. The molecule has 21 heavy (non-hydrogen) atoms. The van der Waals surface area contributed by atoms with E-state index in [2.05, 4.69) is 16.0 Å². The van der Waals surface area contributed by atoms with Crippen molar-refractivity contribution >= 4 is 17.0 Å². The number of fused-ring (bicyclic) bond motifs is 1. The first-order valence-electron chi connectivity index (χ1n) is 6.82. The Hall–Kier alpha value is -2.79. The molecule has 2 heteroatoms. The summed E-state index contributed by atoms with van der Waals surface area (Å²) in [6.45, 7) is 1.87. The maximum Gasteiger partial charge on any atom is 0.192 e. The van der Waals surface area contributed by atoms with E-state index < -0.39 is 0 Å². The molecular formula is C19H15NO. The van der Waals surface area contributed by atoms with Gasteiger partial charge in [0.1, 0.15) is 0 Å². The molecule has 2 nitrogen and oxygen atoms in total. The van der Waals surface area contributed by atoms with Gasteiger partial charge in [-0.15, -0.1) is 0 Å². The zero-order chi connectivity index (χ0) is 14.8. The third-order valence-corrected chi connectivity index (χ3v) is 3.71. The molecule has 0 amide bonds. The highest BCUT2D eigenvalue weighted by Crippen LogP contribution is 2.16. The van der Waals surface area contributed by atoms with Crippen molar-refractivity contribution in [2.75, 3.05) is 0 Å². The van der Waals surface area contributed by atoms with Gasteiger partial charge in [0.2, 0.25) is 0 Å². The van der Waals surface area contributed by atoms with Gasteiger partial charge < -0.3 is 4.57 Å². The van der Waals surface area contributed by atoms with E-state index in [-0.39, 0.29) is 5.43 Å². The van der Waals surface area contributed by atoms with E-state index in [1.807, 2.05) is 68.6 Å². The number of aromatic nitrogens is 1. The van der Waals surface area contributed by atoms with Crippen LogP contribution in [0.4, 0.5) is 0 Å². The van der Waals surface area contributed by atoms with Crippen LogP contribution in [-0.4, -0.2) is 4.57 Å². The molecule has 0 fully saturated rings. The highest BCUT2D eigenvalue weighted by molar-refractivity contribution is 5.81. The second-order valence-corrected chi connectivity index (χ2v) is 5.02. The SMILES string of the molecule is Cc1c(/C=C/C2=CC=C=C=C2)n(C)c2ccccc2c1=O. The van der Waals surface area contributed by atoms with Crippen LogP contribution >= 0.6 is 0 Å².